The maximum absolute atomic E-state index is 5.50. The molecule has 0 saturated carbocycles. The highest BCUT2D eigenvalue weighted by Crippen LogP contribution is 2.26. The van der Waals surface area contributed by atoms with Gasteiger partial charge in [0.25, 0.3) is 0 Å². The summed E-state index contributed by atoms with van der Waals surface area (Å²) in [4.78, 5) is 0. The fraction of sp³-hybridized carbons (Fsp3) is 0.786. The lowest BCUT2D eigenvalue weighted by Crippen LogP contribution is -2.26. The van der Waals surface area contributed by atoms with Crippen LogP contribution in [0.3, 0.4) is 0 Å². The van der Waals surface area contributed by atoms with Crippen LogP contribution in [0.15, 0.2) is 10.7 Å². The Morgan fingerprint density at radius 2 is 2.16 bits per heavy atom. The van der Waals surface area contributed by atoms with Crippen LogP contribution in [0.2, 0.25) is 0 Å². The first kappa shape index (κ1) is 16.7. The first-order chi connectivity index (χ1) is 9.24. The van der Waals surface area contributed by atoms with Gasteiger partial charge in [-0.15, -0.1) is 0 Å². The lowest BCUT2D eigenvalue weighted by Gasteiger charge is -2.20. The monoisotopic (exact) mass is 331 g/mol. The summed E-state index contributed by atoms with van der Waals surface area (Å²) in [5, 5.41) is 8.05. The van der Waals surface area contributed by atoms with Crippen LogP contribution < -0.4 is 5.32 Å². The highest BCUT2D eigenvalue weighted by molar-refractivity contribution is 9.10. The van der Waals surface area contributed by atoms with Crippen molar-refractivity contribution in [2.24, 2.45) is 0 Å². The molecule has 4 nitrogen and oxygen atoms in total. The highest BCUT2D eigenvalue weighted by atomic mass is 79.9. The van der Waals surface area contributed by atoms with E-state index in [1.807, 2.05) is 13.1 Å². The Morgan fingerprint density at radius 3 is 2.79 bits per heavy atom. The van der Waals surface area contributed by atoms with Crippen LogP contribution in [0.25, 0.3) is 0 Å². The maximum atomic E-state index is 5.50. The van der Waals surface area contributed by atoms with Crippen molar-refractivity contribution in [1.29, 1.82) is 0 Å². The van der Waals surface area contributed by atoms with E-state index in [4.69, 9.17) is 4.74 Å². The molecule has 1 atom stereocenters. The molecule has 0 amide bonds. The fourth-order valence-corrected chi connectivity index (χ4v) is 2.68. The Morgan fingerprint density at radius 1 is 1.37 bits per heavy atom. The van der Waals surface area contributed by atoms with E-state index in [0.717, 1.165) is 50.0 Å². The SMILES string of the molecule is CCCNC(CCOCC)c1c(Br)cnn1CCC. The van der Waals surface area contributed by atoms with E-state index in [0.29, 0.717) is 6.04 Å². The molecule has 1 unspecified atom stereocenters. The molecule has 1 rings (SSSR count). The molecule has 0 fully saturated rings. The molecule has 0 radical (unpaired) electrons. The van der Waals surface area contributed by atoms with Gasteiger partial charge in [-0.25, -0.2) is 0 Å². The molecular formula is C14H26BrN3O. The third kappa shape index (κ3) is 5.24. The Balaban J connectivity index is 2.78. The van der Waals surface area contributed by atoms with E-state index in [2.05, 4.69) is 44.9 Å². The number of hydrogen-bond acceptors (Lipinski definition) is 3. The van der Waals surface area contributed by atoms with Gasteiger partial charge in [0, 0.05) is 19.8 Å². The van der Waals surface area contributed by atoms with Gasteiger partial charge >= 0.3 is 0 Å². The Kier molecular flexibility index (Phi) is 8.34. The normalized spacial score (nSPS) is 12.8. The zero-order valence-corrected chi connectivity index (χ0v) is 13.9. The van der Waals surface area contributed by atoms with Gasteiger partial charge in [-0.3, -0.25) is 4.68 Å². The van der Waals surface area contributed by atoms with Crippen molar-refractivity contribution in [3.63, 3.8) is 0 Å². The average molecular weight is 332 g/mol. The highest BCUT2D eigenvalue weighted by Gasteiger charge is 2.19. The first-order valence-corrected chi connectivity index (χ1v) is 8.06. The van der Waals surface area contributed by atoms with E-state index in [1.54, 1.807) is 0 Å². The van der Waals surface area contributed by atoms with E-state index < -0.39 is 0 Å². The van der Waals surface area contributed by atoms with Crippen LogP contribution in [0.4, 0.5) is 0 Å². The molecule has 0 aliphatic rings. The predicted molar refractivity (Wildman–Crippen MR) is 82.4 cm³/mol. The van der Waals surface area contributed by atoms with Gasteiger partial charge in [-0.1, -0.05) is 13.8 Å². The number of hydrogen-bond donors (Lipinski definition) is 1. The number of aryl methyl sites for hydroxylation is 1. The molecule has 1 N–H and O–H groups in total. The minimum Gasteiger partial charge on any atom is -0.382 e. The van der Waals surface area contributed by atoms with Gasteiger partial charge in [0.1, 0.15) is 0 Å². The van der Waals surface area contributed by atoms with Crippen molar-refractivity contribution in [3.8, 4) is 0 Å². The lowest BCUT2D eigenvalue weighted by molar-refractivity contribution is 0.135. The third-order valence-electron chi connectivity index (χ3n) is 2.99. The van der Waals surface area contributed by atoms with Crippen molar-refractivity contribution >= 4 is 15.9 Å². The fourth-order valence-electron chi connectivity index (χ4n) is 2.11. The summed E-state index contributed by atoms with van der Waals surface area (Å²) >= 11 is 3.62. The summed E-state index contributed by atoms with van der Waals surface area (Å²) in [5.74, 6) is 0. The van der Waals surface area contributed by atoms with Crippen LogP contribution in [0, 0.1) is 0 Å². The molecule has 5 heteroatoms. The second kappa shape index (κ2) is 9.50. The molecule has 1 heterocycles. The summed E-state index contributed by atoms with van der Waals surface area (Å²) in [7, 11) is 0. The topological polar surface area (TPSA) is 39.1 Å². The van der Waals surface area contributed by atoms with Gasteiger partial charge in [-0.05, 0) is 48.7 Å². The zero-order valence-electron chi connectivity index (χ0n) is 12.3. The molecule has 0 saturated heterocycles. The van der Waals surface area contributed by atoms with E-state index in [-0.39, 0.29) is 0 Å². The molecule has 0 aromatic carbocycles. The second-order valence-electron chi connectivity index (χ2n) is 4.59. The Labute approximate surface area is 125 Å². The number of rotatable bonds is 10. The summed E-state index contributed by atoms with van der Waals surface area (Å²) in [6, 6.07) is 0.301. The Hall–Kier alpha value is -0.390. The zero-order chi connectivity index (χ0) is 14.1. The first-order valence-electron chi connectivity index (χ1n) is 7.26. The molecule has 0 bridgehead atoms. The number of halogens is 1. The molecule has 110 valence electrons. The average Bonchev–Trinajstić information content (AvgIpc) is 2.76. The van der Waals surface area contributed by atoms with Crippen LogP contribution in [0.1, 0.15) is 51.8 Å². The smallest absolute Gasteiger partial charge is 0.0696 e. The van der Waals surface area contributed by atoms with Crippen LogP contribution in [0.5, 0.6) is 0 Å². The van der Waals surface area contributed by atoms with E-state index in [9.17, 15) is 0 Å². The van der Waals surface area contributed by atoms with Crippen molar-refractivity contribution in [3.05, 3.63) is 16.4 Å². The molecule has 1 aromatic rings. The molecule has 0 aliphatic heterocycles. The quantitative estimate of drug-likeness (QED) is 0.666. The number of aromatic nitrogens is 2. The summed E-state index contributed by atoms with van der Waals surface area (Å²) in [6.45, 7) is 9.92. The van der Waals surface area contributed by atoms with Gasteiger partial charge in [0.2, 0.25) is 0 Å². The summed E-state index contributed by atoms with van der Waals surface area (Å²) in [6.07, 6.45) is 5.09. The standard InChI is InChI=1S/C14H26BrN3O/c1-4-8-16-13(7-10-19-6-3)14-12(15)11-17-18(14)9-5-2/h11,13,16H,4-10H2,1-3H3. The van der Waals surface area contributed by atoms with E-state index in [1.165, 1.54) is 5.69 Å². The predicted octanol–water partition coefficient (Wildman–Crippen LogP) is 3.52. The summed E-state index contributed by atoms with van der Waals surface area (Å²) in [5.41, 5.74) is 1.25. The minimum absolute atomic E-state index is 0.301. The minimum atomic E-state index is 0.301. The van der Waals surface area contributed by atoms with Gasteiger partial charge in [0.15, 0.2) is 0 Å². The largest absolute Gasteiger partial charge is 0.382 e. The Bertz CT molecular complexity index is 354. The summed E-state index contributed by atoms with van der Waals surface area (Å²) < 4.78 is 8.69. The number of nitrogens with one attached hydrogen (secondary N) is 1. The molecule has 1 aromatic heterocycles. The molecule has 0 spiro atoms. The van der Waals surface area contributed by atoms with E-state index >= 15 is 0 Å². The van der Waals surface area contributed by atoms with Crippen LogP contribution in [-0.4, -0.2) is 29.5 Å². The third-order valence-corrected chi connectivity index (χ3v) is 3.61. The maximum Gasteiger partial charge on any atom is 0.0696 e. The van der Waals surface area contributed by atoms with Gasteiger partial charge < -0.3 is 10.1 Å². The lowest BCUT2D eigenvalue weighted by atomic mass is 10.1. The second-order valence-corrected chi connectivity index (χ2v) is 5.45. The molecular weight excluding hydrogens is 306 g/mol. The van der Waals surface area contributed by atoms with Crippen LogP contribution in [-0.2, 0) is 11.3 Å². The molecule has 0 aliphatic carbocycles. The van der Waals surface area contributed by atoms with Crippen molar-refractivity contribution in [2.45, 2.75) is 52.6 Å². The molecule has 19 heavy (non-hydrogen) atoms. The number of nitrogens with zero attached hydrogens (tertiary/aromatic N) is 2. The number of ether oxygens (including phenoxy) is 1. The van der Waals surface area contributed by atoms with Gasteiger partial charge in [0.05, 0.1) is 22.4 Å². The van der Waals surface area contributed by atoms with Crippen LogP contribution >= 0.6 is 15.9 Å². The van der Waals surface area contributed by atoms with Crippen molar-refractivity contribution in [2.75, 3.05) is 19.8 Å². The van der Waals surface area contributed by atoms with Gasteiger partial charge in [-0.2, -0.15) is 5.10 Å². The van der Waals surface area contributed by atoms with Crippen molar-refractivity contribution < 1.29 is 4.74 Å². The van der Waals surface area contributed by atoms with Crippen molar-refractivity contribution in [1.82, 2.24) is 15.1 Å².